The van der Waals surface area contributed by atoms with Crippen LogP contribution in [0.3, 0.4) is 0 Å². The van der Waals surface area contributed by atoms with E-state index in [1.165, 1.54) is 19.3 Å². The summed E-state index contributed by atoms with van der Waals surface area (Å²) in [6, 6.07) is 13.8. The first-order valence-corrected chi connectivity index (χ1v) is 10.3. The molecule has 0 aliphatic carbocycles. The SMILES string of the molecule is COc1cc(OCc2ccccc2)cc2c1C(=O)OC(C)CCCCCCC2. The highest BCUT2D eigenvalue weighted by Gasteiger charge is 2.23. The van der Waals surface area contributed by atoms with E-state index in [1.54, 1.807) is 13.2 Å². The van der Waals surface area contributed by atoms with Crippen LogP contribution in [0.4, 0.5) is 0 Å². The zero-order valence-electron chi connectivity index (χ0n) is 16.9. The quantitative estimate of drug-likeness (QED) is 0.635. The molecule has 4 nitrogen and oxygen atoms in total. The molecule has 1 aliphatic rings. The molecule has 0 bridgehead atoms. The predicted molar refractivity (Wildman–Crippen MR) is 110 cm³/mol. The van der Waals surface area contributed by atoms with Gasteiger partial charge in [-0.1, -0.05) is 49.6 Å². The maximum atomic E-state index is 12.9. The molecule has 0 amide bonds. The number of fused-ring (bicyclic) bond motifs is 1. The lowest BCUT2D eigenvalue weighted by atomic mass is 9.98. The van der Waals surface area contributed by atoms with Gasteiger partial charge in [0.25, 0.3) is 0 Å². The van der Waals surface area contributed by atoms with E-state index in [9.17, 15) is 4.79 Å². The van der Waals surface area contributed by atoms with Crippen LogP contribution in [0.2, 0.25) is 0 Å². The van der Waals surface area contributed by atoms with Gasteiger partial charge in [0.05, 0.1) is 13.2 Å². The van der Waals surface area contributed by atoms with Crippen LogP contribution in [-0.2, 0) is 17.8 Å². The summed E-state index contributed by atoms with van der Waals surface area (Å²) in [7, 11) is 1.59. The van der Waals surface area contributed by atoms with Crippen molar-refractivity contribution >= 4 is 5.97 Å². The van der Waals surface area contributed by atoms with Gasteiger partial charge in [-0.05, 0) is 49.8 Å². The smallest absolute Gasteiger partial charge is 0.342 e. The van der Waals surface area contributed by atoms with Crippen LogP contribution >= 0.6 is 0 Å². The number of ether oxygens (including phenoxy) is 3. The summed E-state index contributed by atoms with van der Waals surface area (Å²) < 4.78 is 17.3. The van der Waals surface area contributed by atoms with Crippen LogP contribution < -0.4 is 9.47 Å². The Hall–Kier alpha value is -2.49. The van der Waals surface area contributed by atoms with Crippen LogP contribution in [0, 0.1) is 0 Å². The predicted octanol–water partition coefficient (Wildman–Crippen LogP) is 5.72. The number of methoxy groups -OCH3 is 1. The Morgan fingerprint density at radius 2 is 1.79 bits per heavy atom. The second-order valence-electron chi connectivity index (χ2n) is 7.46. The Balaban J connectivity index is 1.86. The number of rotatable bonds is 4. The molecule has 28 heavy (non-hydrogen) atoms. The van der Waals surface area contributed by atoms with E-state index in [1.807, 2.05) is 43.3 Å². The number of benzene rings is 2. The summed E-state index contributed by atoms with van der Waals surface area (Å²) in [5, 5.41) is 0. The second-order valence-corrected chi connectivity index (χ2v) is 7.46. The van der Waals surface area contributed by atoms with Crippen molar-refractivity contribution in [1.29, 1.82) is 0 Å². The largest absolute Gasteiger partial charge is 0.496 e. The minimum atomic E-state index is -0.297. The fourth-order valence-electron chi connectivity index (χ4n) is 3.64. The molecule has 2 aromatic rings. The molecule has 1 aliphatic heterocycles. The normalized spacial score (nSPS) is 18.2. The Kier molecular flexibility index (Phi) is 7.35. The van der Waals surface area contributed by atoms with E-state index in [0.717, 1.165) is 36.8 Å². The van der Waals surface area contributed by atoms with E-state index in [2.05, 4.69) is 0 Å². The first-order chi connectivity index (χ1) is 13.7. The molecule has 3 rings (SSSR count). The zero-order valence-corrected chi connectivity index (χ0v) is 16.9. The molecule has 4 heteroatoms. The number of hydrogen-bond donors (Lipinski definition) is 0. The molecule has 0 spiro atoms. The van der Waals surface area contributed by atoms with Crippen molar-refractivity contribution in [3.63, 3.8) is 0 Å². The maximum Gasteiger partial charge on any atom is 0.342 e. The number of hydrogen-bond acceptors (Lipinski definition) is 4. The zero-order chi connectivity index (χ0) is 19.8. The van der Waals surface area contributed by atoms with Crippen LogP contribution in [-0.4, -0.2) is 19.2 Å². The summed E-state index contributed by atoms with van der Waals surface area (Å²) in [6.45, 7) is 2.44. The van der Waals surface area contributed by atoms with Gasteiger partial charge in [0.2, 0.25) is 0 Å². The van der Waals surface area contributed by atoms with Crippen molar-refractivity contribution in [2.75, 3.05) is 7.11 Å². The highest BCUT2D eigenvalue weighted by molar-refractivity contribution is 5.94. The van der Waals surface area contributed by atoms with Crippen LogP contribution in [0.25, 0.3) is 0 Å². The Bertz CT molecular complexity index is 770. The third-order valence-electron chi connectivity index (χ3n) is 5.19. The molecule has 1 heterocycles. The van der Waals surface area contributed by atoms with E-state index < -0.39 is 0 Å². The minimum absolute atomic E-state index is 0.0847. The molecule has 1 unspecified atom stereocenters. The summed E-state index contributed by atoms with van der Waals surface area (Å²) >= 11 is 0. The highest BCUT2D eigenvalue weighted by atomic mass is 16.5. The Labute approximate surface area is 167 Å². The average molecular weight is 383 g/mol. The summed E-state index contributed by atoms with van der Waals surface area (Å²) in [6.07, 6.45) is 7.36. The molecule has 2 aromatic carbocycles. The minimum Gasteiger partial charge on any atom is -0.496 e. The van der Waals surface area contributed by atoms with Gasteiger partial charge >= 0.3 is 5.97 Å². The van der Waals surface area contributed by atoms with Gasteiger partial charge in [0.15, 0.2) is 0 Å². The van der Waals surface area contributed by atoms with Crippen molar-refractivity contribution < 1.29 is 19.0 Å². The standard InChI is InChI=1S/C24H30O4/c1-18-11-7-4-3-5-10-14-20-15-21(27-17-19-12-8-6-9-13-19)16-22(26-2)23(20)24(25)28-18/h6,8-9,12-13,15-16,18H,3-5,7,10-11,14,17H2,1-2H3. The lowest BCUT2D eigenvalue weighted by Gasteiger charge is -2.19. The third-order valence-corrected chi connectivity index (χ3v) is 5.19. The topological polar surface area (TPSA) is 44.8 Å². The summed E-state index contributed by atoms with van der Waals surface area (Å²) in [4.78, 5) is 12.9. The molecule has 0 radical (unpaired) electrons. The first-order valence-electron chi connectivity index (χ1n) is 10.3. The van der Waals surface area contributed by atoms with Gasteiger partial charge in [-0.3, -0.25) is 0 Å². The fourth-order valence-corrected chi connectivity index (χ4v) is 3.64. The van der Waals surface area contributed by atoms with Gasteiger partial charge in [0.1, 0.15) is 23.7 Å². The molecule has 0 aromatic heterocycles. The van der Waals surface area contributed by atoms with Gasteiger partial charge in [-0.25, -0.2) is 4.79 Å². The maximum absolute atomic E-state index is 12.9. The van der Waals surface area contributed by atoms with Gasteiger partial charge in [0, 0.05) is 6.07 Å². The molecule has 1 atom stereocenters. The van der Waals surface area contributed by atoms with Crippen molar-refractivity contribution in [2.45, 2.75) is 64.6 Å². The molecule has 0 N–H and O–H groups in total. The van der Waals surface area contributed by atoms with Crippen LogP contribution in [0.1, 0.15) is 66.9 Å². The Morgan fingerprint density at radius 3 is 2.57 bits per heavy atom. The van der Waals surface area contributed by atoms with Crippen LogP contribution in [0.5, 0.6) is 11.5 Å². The highest BCUT2D eigenvalue weighted by Crippen LogP contribution is 2.32. The van der Waals surface area contributed by atoms with E-state index >= 15 is 0 Å². The number of carbonyl (C=O) groups excluding carboxylic acids is 1. The lowest BCUT2D eigenvalue weighted by Crippen LogP contribution is -2.18. The molecule has 0 saturated carbocycles. The van der Waals surface area contributed by atoms with Gasteiger partial charge in [-0.2, -0.15) is 0 Å². The Morgan fingerprint density at radius 1 is 1.04 bits per heavy atom. The third kappa shape index (κ3) is 5.51. The van der Waals surface area contributed by atoms with Gasteiger partial charge in [-0.15, -0.1) is 0 Å². The average Bonchev–Trinajstić information content (AvgIpc) is 2.70. The molecule has 0 saturated heterocycles. The number of carbonyl (C=O) groups is 1. The summed E-state index contributed by atoms with van der Waals surface area (Å²) in [5.74, 6) is 0.941. The summed E-state index contributed by atoms with van der Waals surface area (Å²) in [5.41, 5.74) is 2.59. The number of aryl methyl sites for hydroxylation is 1. The molecular formula is C24H30O4. The van der Waals surface area contributed by atoms with E-state index in [0.29, 0.717) is 23.7 Å². The lowest BCUT2D eigenvalue weighted by molar-refractivity contribution is 0.0313. The van der Waals surface area contributed by atoms with Crippen molar-refractivity contribution in [3.8, 4) is 11.5 Å². The molecular weight excluding hydrogens is 352 g/mol. The number of cyclic esters (lactones) is 1. The first kappa shape index (κ1) is 20.2. The fraction of sp³-hybridized carbons (Fsp3) is 0.458. The van der Waals surface area contributed by atoms with Crippen molar-refractivity contribution in [1.82, 2.24) is 0 Å². The number of esters is 1. The van der Waals surface area contributed by atoms with Crippen molar-refractivity contribution in [2.24, 2.45) is 0 Å². The van der Waals surface area contributed by atoms with E-state index in [4.69, 9.17) is 14.2 Å². The monoisotopic (exact) mass is 382 g/mol. The van der Waals surface area contributed by atoms with Crippen molar-refractivity contribution in [3.05, 3.63) is 59.2 Å². The second kappa shape index (κ2) is 10.2. The van der Waals surface area contributed by atoms with Gasteiger partial charge < -0.3 is 14.2 Å². The molecule has 0 fully saturated rings. The molecule has 150 valence electrons. The van der Waals surface area contributed by atoms with E-state index in [-0.39, 0.29) is 12.1 Å². The van der Waals surface area contributed by atoms with Crippen LogP contribution in [0.15, 0.2) is 42.5 Å².